The molecular formula is C22H28ClNO3. The van der Waals surface area contributed by atoms with E-state index in [-0.39, 0.29) is 18.4 Å². The molecule has 1 fully saturated rings. The van der Waals surface area contributed by atoms with E-state index in [1.165, 1.54) is 0 Å². The number of carbonyl (C=O) groups is 1. The number of benzene rings is 2. The summed E-state index contributed by atoms with van der Waals surface area (Å²) < 4.78 is 11.6. The quantitative estimate of drug-likeness (QED) is 0.673. The number of esters is 1. The van der Waals surface area contributed by atoms with Gasteiger partial charge in [0.1, 0.15) is 0 Å². The minimum absolute atomic E-state index is 0. The minimum Gasteiger partial charge on any atom is -0.463 e. The van der Waals surface area contributed by atoms with Gasteiger partial charge in [0.25, 0.3) is 0 Å². The molecule has 27 heavy (non-hydrogen) atoms. The Kier molecular flexibility index (Phi) is 7.84. The van der Waals surface area contributed by atoms with Gasteiger partial charge in [-0.15, -0.1) is 12.4 Å². The number of methoxy groups -OCH3 is 1. The molecule has 2 aromatic carbocycles. The molecule has 1 unspecified atom stereocenters. The highest BCUT2D eigenvalue weighted by atomic mass is 35.5. The number of halogens is 1. The Morgan fingerprint density at radius 2 is 1.63 bits per heavy atom. The van der Waals surface area contributed by atoms with Crippen LogP contribution in [0.15, 0.2) is 60.7 Å². The maximum absolute atomic E-state index is 13.2. The van der Waals surface area contributed by atoms with E-state index in [1.54, 1.807) is 7.11 Å². The first-order valence-corrected chi connectivity index (χ1v) is 9.26. The first-order valence-electron chi connectivity index (χ1n) is 9.26. The summed E-state index contributed by atoms with van der Waals surface area (Å²) in [5, 5.41) is 0. The van der Waals surface area contributed by atoms with E-state index in [0.717, 1.165) is 37.2 Å². The van der Waals surface area contributed by atoms with Crippen LogP contribution in [0.2, 0.25) is 0 Å². The number of hydrogen-bond acceptors (Lipinski definition) is 4. The zero-order valence-electron chi connectivity index (χ0n) is 16.0. The summed E-state index contributed by atoms with van der Waals surface area (Å²) in [6, 6.07) is 19.1. The summed E-state index contributed by atoms with van der Waals surface area (Å²) in [6.45, 7) is 5.70. The molecule has 1 saturated heterocycles. The highest BCUT2D eigenvalue weighted by Crippen LogP contribution is 2.35. The van der Waals surface area contributed by atoms with E-state index < -0.39 is 5.60 Å². The van der Waals surface area contributed by atoms with Crippen molar-refractivity contribution >= 4 is 18.4 Å². The van der Waals surface area contributed by atoms with Gasteiger partial charge in [0.2, 0.25) is 5.60 Å². The summed E-state index contributed by atoms with van der Waals surface area (Å²) in [6.07, 6.45) is 1.07. The van der Waals surface area contributed by atoms with Crippen LogP contribution in [0.1, 0.15) is 24.5 Å². The number of hydrogen-bond donors (Lipinski definition) is 0. The van der Waals surface area contributed by atoms with Crippen molar-refractivity contribution in [1.82, 2.24) is 4.90 Å². The van der Waals surface area contributed by atoms with Crippen LogP contribution in [0.4, 0.5) is 0 Å². The molecule has 146 valence electrons. The summed E-state index contributed by atoms with van der Waals surface area (Å²) in [5.74, 6) is 0.0346. The first-order chi connectivity index (χ1) is 12.7. The van der Waals surface area contributed by atoms with E-state index in [9.17, 15) is 4.79 Å². The van der Waals surface area contributed by atoms with E-state index in [4.69, 9.17) is 9.47 Å². The SMILES string of the molecule is CCN1CCC(COC(=O)C(OC)(c2ccccc2)c2ccccc2)C1.Cl. The van der Waals surface area contributed by atoms with E-state index >= 15 is 0 Å². The molecule has 3 rings (SSSR count). The lowest BCUT2D eigenvalue weighted by atomic mass is 9.86. The molecule has 0 amide bonds. The van der Waals surface area contributed by atoms with Gasteiger partial charge in [-0.1, -0.05) is 67.6 Å². The van der Waals surface area contributed by atoms with Crippen LogP contribution in [0.5, 0.6) is 0 Å². The molecule has 1 atom stereocenters. The lowest BCUT2D eigenvalue weighted by Gasteiger charge is -2.31. The molecule has 0 bridgehead atoms. The van der Waals surface area contributed by atoms with Gasteiger partial charge >= 0.3 is 5.97 Å². The molecule has 0 aliphatic carbocycles. The molecule has 4 nitrogen and oxygen atoms in total. The highest BCUT2D eigenvalue weighted by Gasteiger charge is 2.44. The Balaban J connectivity index is 0.00000261. The molecule has 1 heterocycles. The third-order valence-corrected chi connectivity index (χ3v) is 5.22. The molecule has 0 spiro atoms. The van der Waals surface area contributed by atoms with Gasteiger partial charge in [-0.3, -0.25) is 0 Å². The topological polar surface area (TPSA) is 38.8 Å². The minimum atomic E-state index is -1.24. The molecule has 1 aliphatic rings. The van der Waals surface area contributed by atoms with Gasteiger partial charge in [0.05, 0.1) is 6.61 Å². The molecule has 5 heteroatoms. The third kappa shape index (κ3) is 4.52. The van der Waals surface area contributed by atoms with Crippen molar-refractivity contribution in [1.29, 1.82) is 0 Å². The number of rotatable bonds is 7. The van der Waals surface area contributed by atoms with Crippen molar-refractivity contribution in [2.45, 2.75) is 18.9 Å². The maximum atomic E-state index is 13.2. The van der Waals surface area contributed by atoms with Crippen LogP contribution in [0, 0.1) is 5.92 Å². The molecule has 0 radical (unpaired) electrons. The number of carbonyl (C=O) groups excluding carboxylic acids is 1. The molecule has 1 aliphatic heterocycles. The fourth-order valence-electron chi connectivity index (χ4n) is 3.70. The summed E-state index contributed by atoms with van der Waals surface area (Å²) in [7, 11) is 1.57. The Bertz CT molecular complexity index is 669. The molecular weight excluding hydrogens is 362 g/mol. The van der Waals surface area contributed by atoms with Gasteiger partial charge in [0.15, 0.2) is 0 Å². The second kappa shape index (κ2) is 9.88. The lowest BCUT2D eigenvalue weighted by molar-refractivity contribution is -0.166. The summed E-state index contributed by atoms with van der Waals surface area (Å²) in [5.41, 5.74) is 0.312. The molecule has 2 aromatic rings. The van der Waals surface area contributed by atoms with Crippen LogP contribution >= 0.6 is 12.4 Å². The smallest absolute Gasteiger partial charge is 0.347 e. The number of ether oxygens (including phenoxy) is 2. The van der Waals surface area contributed by atoms with E-state index in [1.807, 2.05) is 60.7 Å². The van der Waals surface area contributed by atoms with Gasteiger partial charge in [-0.05, 0) is 30.6 Å². The maximum Gasteiger partial charge on any atom is 0.347 e. The van der Waals surface area contributed by atoms with Crippen molar-refractivity contribution in [2.24, 2.45) is 5.92 Å². The fraction of sp³-hybridized carbons (Fsp3) is 0.409. The zero-order chi connectivity index (χ0) is 18.4. The standard InChI is InChI=1S/C22H27NO3.ClH/c1-3-23-15-14-18(16-23)17-26-21(24)22(25-2,19-10-6-4-7-11-19)20-12-8-5-9-13-20;/h4-13,18H,3,14-17H2,1-2H3;1H. The van der Waals surface area contributed by atoms with Gasteiger partial charge in [-0.25, -0.2) is 4.79 Å². The van der Waals surface area contributed by atoms with Crippen molar-refractivity contribution in [3.8, 4) is 0 Å². The molecule has 0 aromatic heterocycles. The van der Waals surface area contributed by atoms with Crippen LogP contribution in [-0.2, 0) is 19.9 Å². The lowest BCUT2D eigenvalue weighted by Crippen LogP contribution is -2.41. The average molecular weight is 390 g/mol. The second-order valence-corrected chi connectivity index (χ2v) is 6.76. The van der Waals surface area contributed by atoms with Crippen LogP contribution < -0.4 is 0 Å². The largest absolute Gasteiger partial charge is 0.463 e. The van der Waals surface area contributed by atoms with Gasteiger partial charge < -0.3 is 14.4 Å². The first kappa shape index (κ1) is 21.4. The van der Waals surface area contributed by atoms with E-state index in [0.29, 0.717) is 12.5 Å². The monoisotopic (exact) mass is 389 g/mol. The number of likely N-dealkylation sites (tertiary alicyclic amines) is 1. The van der Waals surface area contributed by atoms with Crippen molar-refractivity contribution < 1.29 is 14.3 Å². The highest BCUT2D eigenvalue weighted by molar-refractivity contribution is 5.86. The predicted octanol–water partition coefficient (Wildman–Crippen LogP) is 3.88. The fourth-order valence-corrected chi connectivity index (χ4v) is 3.70. The Hall–Kier alpha value is -1.88. The second-order valence-electron chi connectivity index (χ2n) is 6.76. The molecule has 0 N–H and O–H groups in total. The predicted molar refractivity (Wildman–Crippen MR) is 109 cm³/mol. The van der Waals surface area contributed by atoms with Crippen molar-refractivity contribution in [3.63, 3.8) is 0 Å². The summed E-state index contributed by atoms with van der Waals surface area (Å²) >= 11 is 0. The average Bonchev–Trinajstić information content (AvgIpc) is 3.17. The van der Waals surface area contributed by atoms with Crippen LogP contribution in [0.3, 0.4) is 0 Å². The van der Waals surface area contributed by atoms with Crippen molar-refractivity contribution in [2.75, 3.05) is 33.4 Å². The van der Waals surface area contributed by atoms with Gasteiger partial charge in [0, 0.05) is 19.6 Å². The Morgan fingerprint density at radius 3 is 2.07 bits per heavy atom. The van der Waals surface area contributed by atoms with Crippen LogP contribution in [-0.4, -0.2) is 44.2 Å². The summed E-state index contributed by atoms with van der Waals surface area (Å²) in [4.78, 5) is 15.6. The van der Waals surface area contributed by atoms with Crippen molar-refractivity contribution in [3.05, 3.63) is 71.8 Å². The van der Waals surface area contributed by atoms with E-state index in [2.05, 4.69) is 11.8 Å². The normalized spacial score (nSPS) is 17.3. The molecule has 0 saturated carbocycles. The Labute approximate surface area is 167 Å². The van der Waals surface area contributed by atoms with Crippen LogP contribution in [0.25, 0.3) is 0 Å². The number of nitrogens with zero attached hydrogens (tertiary/aromatic N) is 1. The third-order valence-electron chi connectivity index (χ3n) is 5.22. The van der Waals surface area contributed by atoms with Gasteiger partial charge in [-0.2, -0.15) is 0 Å². The Morgan fingerprint density at radius 1 is 1.07 bits per heavy atom. The zero-order valence-corrected chi connectivity index (χ0v) is 16.8.